The van der Waals surface area contributed by atoms with Crippen LogP contribution in [0, 0.1) is 8.48 Å². The van der Waals surface area contributed by atoms with E-state index >= 15 is 0 Å². The molecule has 2 aromatic carbocycles. The molecule has 0 radical (unpaired) electrons. The van der Waals surface area contributed by atoms with Crippen molar-refractivity contribution in [3.63, 3.8) is 0 Å². The van der Waals surface area contributed by atoms with E-state index in [1.165, 1.54) is 5.56 Å². The number of fused-ring (bicyclic) bond motifs is 3. The highest BCUT2D eigenvalue weighted by Gasteiger charge is 2.25. The first kappa shape index (κ1) is 17.3. The number of hydrogen-bond acceptors (Lipinski definition) is 5. The van der Waals surface area contributed by atoms with Crippen LogP contribution < -0.4 is 4.74 Å². The summed E-state index contributed by atoms with van der Waals surface area (Å²) in [7, 11) is 3.72. The molecule has 0 saturated heterocycles. The fourth-order valence-electron chi connectivity index (χ4n) is 3.75. The molecule has 134 valence electrons. The van der Waals surface area contributed by atoms with Gasteiger partial charge in [-0.05, 0) is 82.2 Å². The summed E-state index contributed by atoms with van der Waals surface area (Å²) in [5.41, 5.74) is 5.17. The molecule has 6 nitrogen and oxygen atoms in total. The Bertz CT molecular complexity index is 1030. The highest BCUT2D eigenvalue weighted by atomic mass is 127. The van der Waals surface area contributed by atoms with Gasteiger partial charge < -0.3 is 19.7 Å². The van der Waals surface area contributed by atoms with Gasteiger partial charge in [-0.25, -0.2) is 0 Å². The van der Waals surface area contributed by atoms with Crippen LogP contribution in [0.1, 0.15) is 11.1 Å². The minimum atomic E-state index is -0.183. The van der Waals surface area contributed by atoms with E-state index in [0.29, 0.717) is 5.39 Å². The Morgan fingerprint density at radius 3 is 2.81 bits per heavy atom. The molecule has 0 saturated carbocycles. The summed E-state index contributed by atoms with van der Waals surface area (Å²) in [4.78, 5) is 16.5. The van der Waals surface area contributed by atoms with Crippen molar-refractivity contribution >= 4 is 39.2 Å². The molecule has 0 spiro atoms. The van der Waals surface area contributed by atoms with Gasteiger partial charge in [0, 0.05) is 27.6 Å². The maximum Gasteiger partial charge on any atom is 0.219 e. The lowest BCUT2D eigenvalue weighted by Crippen LogP contribution is -2.27. The number of halogens is 1. The molecule has 2 heterocycles. The van der Waals surface area contributed by atoms with Crippen molar-refractivity contribution in [2.45, 2.75) is 13.0 Å². The van der Waals surface area contributed by atoms with Crippen molar-refractivity contribution in [2.24, 2.45) is 5.18 Å². The summed E-state index contributed by atoms with van der Waals surface area (Å²) in [6.07, 6.45) is 0.884. The largest absolute Gasteiger partial charge is 0.496 e. The number of methoxy groups -OCH3 is 1. The zero-order valence-electron chi connectivity index (χ0n) is 14.5. The first-order valence-electron chi connectivity index (χ1n) is 8.28. The van der Waals surface area contributed by atoms with Crippen LogP contribution in [0.25, 0.3) is 22.0 Å². The molecular weight excluding hydrogens is 445 g/mol. The molecule has 26 heavy (non-hydrogen) atoms. The first-order chi connectivity index (χ1) is 12.5. The second-order valence-corrected chi connectivity index (χ2v) is 7.80. The van der Waals surface area contributed by atoms with Crippen LogP contribution in [0.3, 0.4) is 0 Å². The number of aromatic hydroxyl groups is 1. The summed E-state index contributed by atoms with van der Waals surface area (Å²) in [6, 6.07) is 7.98. The summed E-state index contributed by atoms with van der Waals surface area (Å²) < 4.78 is 6.69. The van der Waals surface area contributed by atoms with Crippen molar-refractivity contribution < 1.29 is 9.84 Å². The van der Waals surface area contributed by atoms with Crippen LogP contribution in [-0.2, 0) is 13.0 Å². The van der Waals surface area contributed by atoms with Crippen molar-refractivity contribution in [1.29, 1.82) is 0 Å². The quantitative estimate of drug-likeness (QED) is 0.442. The van der Waals surface area contributed by atoms with E-state index in [-0.39, 0.29) is 11.6 Å². The maximum atomic E-state index is 11.3. The summed E-state index contributed by atoms with van der Waals surface area (Å²) in [6.45, 7) is 1.69. The molecule has 7 heteroatoms. The molecule has 2 N–H and O–H groups in total. The van der Waals surface area contributed by atoms with Crippen molar-refractivity contribution in [2.75, 3.05) is 20.7 Å². The first-order valence-corrected chi connectivity index (χ1v) is 9.36. The van der Waals surface area contributed by atoms with Gasteiger partial charge in [-0.2, -0.15) is 0 Å². The number of aromatic amines is 1. The van der Waals surface area contributed by atoms with Crippen molar-refractivity contribution in [1.82, 2.24) is 9.88 Å². The van der Waals surface area contributed by atoms with Gasteiger partial charge in [0.2, 0.25) is 5.88 Å². The highest BCUT2D eigenvalue weighted by molar-refractivity contribution is 14.1. The van der Waals surface area contributed by atoms with Gasteiger partial charge in [0.05, 0.1) is 12.6 Å². The lowest BCUT2D eigenvalue weighted by molar-refractivity contribution is 0.314. The topological polar surface area (TPSA) is 77.9 Å². The Hall–Kier alpha value is -2.13. The third-order valence-corrected chi connectivity index (χ3v) is 5.66. The van der Waals surface area contributed by atoms with Crippen LogP contribution >= 0.6 is 22.6 Å². The normalized spacial score (nSPS) is 14.4. The molecule has 0 fully saturated rings. The number of nitrogens with zero attached hydrogens (tertiary/aromatic N) is 2. The number of H-pyrrole nitrogens is 1. The lowest BCUT2D eigenvalue weighted by atomic mass is 9.88. The van der Waals surface area contributed by atoms with Crippen LogP contribution in [-0.4, -0.2) is 35.7 Å². The standard InChI is InChI=1S/C19H18IN3O3/c1-23-6-5-11-12(13-7-10(20)3-4-16(13)26-2)8-14-17(15(11)9-23)21-19(24)18(14)22-25/h3-4,7-8,21,24H,5-6,9H2,1-2H3. The Kier molecular flexibility index (Phi) is 4.36. The van der Waals surface area contributed by atoms with Crippen LogP contribution in [0.5, 0.6) is 11.6 Å². The Labute approximate surface area is 164 Å². The van der Waals surface area contributed by atoms with Crippen LogP contribution in [0.15, 0.2) is 29.4 Å². The zero-order valence-corrected chi connectivity index (χ0v) is 16.6. The van der Waals surface area contributed by atoms with E-state index in [1.807, 2.05) is 18.2 Å². The van der Waals surface area contributed by atoms with Gasteiger partial charge in [0.15, 0.2) is 5.69 Å². The molecule has 0 amide bonds. The van der Waals surface area contributed by atoms with Crippen LogP contribution in [0.4, 0.5) is 5.69 Å². The van der Waals surface area contributed by atoms with E-state index < -0.39 is 0 Å². The summed E-state index contributed by atoms with van der Waals surface area (Å²) in [5, 5.41) is 13.8. The minimum absolute atomic E-state index is 0.0573. The average Bonchev–Trinajstić information content (AvgIpc) is 2.96. The molecule has 4 rings (SSSR count). The number of likely N-dealkylation sites (N-methyl/N-ethyl adjacent to an activating group) is 1. The van der Waals surface area contributed by atoms with Gasteiger partial charge in [-0.1, -0.05) is 0 Å². The summed E-state index contributed by atoms with van der Waals surface area (Å²) in [5.74, 6) is 0.600. The van der Waals surface area contributed by atoms with E-state index in [0.717, 1.165) is 51.0 Å². The van der Waals surface area contributed by atoms with Gasteiger partial charge in [0.1, 0.15) is 5.75 Å². The van der Waals surface area contributed by atoms with Gasteiger partial charge in [-0.3, -0.25) is 0 Å². The van der Waals surface area contributed by atoms with Crippen molar-refractivity contribution in [3.8, 4) is 22.8 Å². The number of nitrogens with one attached hydrogen (secondary N) is 1. The number of rotatable bonds is 3. The molecule has 0 aliphatic carbocycles. The van der Waals surface area contributed by atoms with Crippen LogP contribution in [0.2, 0.25) is 0 Å². The molecule has 1 aliphatic heterocycles. The second-order valence-electron chi connectivity index (χ2n) is 6.55. The number of hydrogen-bond donors (Lipinski definition) is 2. The molecule has 1 aromatic heterocycles. The Morgan fingerprint density at radius 1 is 1.27 bits per heavy atom. The van der Waals surface area contributed by atoms with E-state index in [4.69, 9.17) is 4.74 Å². The SMILES string of the molecule is COc1ccc(I)cc1-c1cc2c(N=O)c(O)[nH]c2c2c1CCN(C)C2. The van der Waals surface area contributed by atoms with E-state index in [9.17, 15) is 10.0 Å². The molecule has 0 bridgehead atoms. The number of nitroso groups, excluding NO2 is 1. The zero-order chi connectivity index (χ0) is 18.4. The highest BCUT2D eigenvalue weighted by Crippen LogP contribution is 2.44. The van der Waals surface area contributed by atoms with E-state index in [1.54, 1.807) is 7.11 Å². The number of aromatic nitrogens is 1. The Morgan fingerprint density at radius 2 is 2.08 bits per heavy atom. The predicted molar refractivity (Wildman–Crippen MR) is 110 cm³/mol. The van der Waals surface area contributed by atoms with Crippen molar-refractivity contribution in [3.05, 3.63) is 43.9 Å². The number of benzene rings is 2. The average molecular weight is 463 g/mol. The number of ether oxygens (including phenoxy) is 1. The molecule has 0 atom stereocenters. The second kappa shape index (κ2) is 6.55. The third-order valence-electron chi connectivity index (χ3n) is 4.99. The minimum Gasteiger partial charge on any atom is -0.496 e. The van der Waals surface area contributed by atoms with Gasteiger partial charge in [-0.15, -0.1) is 4.91 Å². The van der Waals surface area contributed by atoms with Gasteiger partial charge >= 0.3 is 0 Å². The molecule has 0 unspecified atom stereocenters. The predicted octanol–water partition coefficient (Wildman–Crippen LogP) is 4.54. The fraction of sp³-hybridized carbons (Fsp3) is 0.263. The molecule has 1 aliphatic rings. The third kappa shape index (κ3) is 2.66. The monoisotopic (exact) mass is 463 g/mol. The van der Waals surface area contributed by atoms with Gasteiger partial charge in [0.25, 0.3) is 0 Å². The Balaban J connectivity index is 2.10. The maximum absolute atomic E-state index is 11.3. The fourth-order valence-corrected chi connectivity index (χ4v) is 4.24. The smallest absolute Gasteiger partial charge is 0.219 e. The van der Waals surface area contributed by atoms with E-state index in [2.05, 4.69) is 50.8 Å². The molecular formula is C19H18IN3O3. The lowest BCUT2D eigenvalue weighted by Gasteiger charge is -2.28. The summed E-state index contributed by atoms with van der Waals surface area (Å²) >= 11 is 2.28. The molecule has 3 aromatic rings.